The summed E-state index contributed by atoms with van der Waals surface area (Å²) in [6.45, 7) is -1.37. The second kappa shape index (κ2) is 6.03. The summed E-state index contributed by atoms with van der Waals surface area (Å²) in [5.74, 6) is -2.89. The Bertz CT molecular complexity index is 415. The summed E-state index contributed by atoms with van der Waals surface area (Å²) >= 11 is 0. The molecule has 0 aliphatic heterocycles. The predicted molar refractivity (Wildman–Crippen MR) is 65.1 cm³/mol. The van der Waals surface area contributed by atoms with Crippen LogP contribution in [0.5, 0.6) is 17.2 Å². The smallest absolute Gasteiger partial charge is 0.289 e. The highest BCUT2D eigenvalue weighted by atomic mass is 19.3. The van der Waals surface area contributed by atoms with Crippen molar-refractivity contribution in [2.75, 3.05) is 27.9 Å². The van der Waals surface area contributed by atoms with Gasteiger partial charge in [0.15, 0.2) is 0 Å². The van der Waals surface area contributed by atoms with Gasteiger partial charge >= 0.3 is 0 Å². The van der Waals surface area contributed by atoms with Crippen LogP contribution in [0.25, 0.3) is 0 Å². The summed E-state index contributed by atoms with van der Waals surface area (Å²) < 4.78 is 42.1. The number of rotatable bonds is 6. The van der Waals surface area contributed by atoms with E-state index >= 15 is 0 Å². The molecule has 0 spiro atoms. The van der Waals surface area contributed by atoms with Gasteiger partial charge in [-0.3, -0.25) is 0 Å². The number of ether oxygens (including phenoxy) is 3. The van der Waals surface area contributed by atoms with E-state index in [9.17, 15) is 8.78 Å². The van der Waals surface area contributed by atoms with Crippen LogP contribution in [0.1, 0.15) is 11.6 Å². The second-order valence-electron chi connectivity index (χ2n) is 3.84. The number of hydrogen-bond donors (Lipinski definition) is 2. The largest absolute Gasteiger partial charge is 0.496 e. The molecule has 19 heavy (non-hydrogen) atoms. The monoisotopic (exact) mass is 277 g/mol. The third kappa shape index (κ3) is 3.05. The van der Waals surface area contributed by atoms with E-state index < -0.39 is 18.6 Å². The van der Waals surface area contributed by atoms with Crippen LogP contribution in [0, 0.1) is 0 Å². The van der Waals surface area contributed by atoms with Gasteiger partial charge in [-0.25, -0.2) is 8.78 Å². The van der Waals surface area contributed by atoms with Crippen LogP contribution >= 0.6 is 0 Å². The number of methoxy groups -OCH3 is 3. The molecule has 0 radical (unpaired) electrons. The van der Waals surface area contributed by atoms with Crippen LogP contribution in [-0.4, -0.2) is 39.0 Å². The average molecular weight is 277 g/mol. The molecular formula is C12H17F2NO4. The Labute approximate surface area is 109 Å². The maximum Gasteiger partial charge on any atom is 0.289 e. The fourth-order valence-electron chi connectivity index (χ4n) is 1.65. The van der Waals surface area contributed by atoms with Crippen LogP contribution in [0.2, 0.25) is 0 Å². The van der Waals surface area contributed by atoms with Crippen molar-refractivity contribution in [1.29, 1.82) is 0 Å². The van der Waals surface area contributed by atoms with Crippen LogP contribution in [0.4, 0.5) is 8.78 Å². The molecule has 7 heteroatoms. The molecule has 0 saturated heterocycles. The Morgan fingerprint density at radius 1 is 1.16 bits per heavy atom. The molecule has 0 aliphatic rings. The number of halogens is 2. The van der Waals surface area contributed by atoms with Gasteiger partial charge < -0.3 is 25.1 Å². The molecule has 0 aromatic heterocycles. The van der Waals surface area contributed by atoms with Crippen molar-refractivity contribution in [3.8, 4) is 17.2 Å². The lowest BCUT2D eigenvalue weighted by Crippen LogP contribution is -2.36. The lowest BCUT2D eigenvalue weighted by atomic mass is 9.99. The zero-order valence-electron chi connectivity index (χ0n) is 10.9. The van der Waals surface area contributed by atoms with E-state index in [-0.39, 0.29) is 17.1 Å². The van der Waals surface area contributed by atoms with E-state index in [2.05, 4.69) is 0 Å². The lowest BCUT2D eigenvalue weighted by molar-refractivity contribution is -0.0719. The van der Waals surface area contributed by atoms with Gasteiger partial charge in [0.2, 0.25) is 0 Å². The minimum atomic E-state index is -3.49. The van der Waals surface area contributed by atoms with E-state index in [4.69, 9.17) is 25.1 Å². The number of aliphatic hydroxyl groups is 1. The Balaban J connectivity index is 3.39. The van der Waals surface area contributed by atoms with Crippen molar-refractivity contribution in [2.24, 2.45) is 5.73 Å². The highest BCUT2D eigenvalue weighted by Gasteiger charge is 2.40. The average Bonchev–Trinajstić information content (AvgIpc) is 2.44. The van der Waals surface area contributed by atoms with Gasteiger partial charge in [-0.2, -0.15) is 0 Å². The predicted octanol–water partition coefficient (Wildman–Crippen LogP) is 1.34. The molecule has 1 aromatic carbocycles. The van der Waals surface area contributed by atoms with E-state index in [0.29, 0.717) is 5.75 Å². The summed E-state index contributed by atoms with van der Waals surface area (Å²) in [6.07, 6.45) is 0. The normalized spacial score (nSPS) is 13.0. The van der Waals surface area contributed by atoms with E-state index in [0.717, 1.165) is 0 Å². The van der Waals surface area contributed by atoms with Gasteiger partial charge in [0.05, 0.1) is 26.9 Å². The molecule has 0 heterocycles. The topological polar surface area (TPSA) is 73.9 Å². The summed E-state index contributed by atoms with van der Waals surface area (Å²) in [7, 11) is 4.07. The van der Waals surface area contributed by atoms with Crippen LogP contribution < -0.4 is 19.9 Å². The van der Waals surface area contributed by atoms with Gasteiger partial charge in [-0.15, -0.1) is 0 Å². The molecule has 1 rings (SSSR count). The standard InChI is InChI=1S/C12H17F2NO4/c1-17-7-4-8(18-2)10(9(5-7)19-3)11(15)12(13,14)6-16/h4-5,11,16H,6,15H2,1-3H3/t11-/m0/s1. The quantitative estimate of drug-likeness (QED) is 0.821. The van der Waals surface area contributed by atoms with Crippen molar-refractivity contribution >= 4 is 0 Å². The zero-order valence-corrected chi connectivity index (χ0v) is 10.9. The molecule has 1 aromatic rings. The molecule has 0 saturated carbocycles. The Morgan fingerprint density at radius 2 is 1.63 bits per heavy atom. The number of nitrogens with two attached hydrogens (primary N) is 1. The molecule has 0 fully saturated rings. The minimum Gasteiger partial charge on any atom is -0.496 e. The zero-order chi connectivity index (χ0) is 14.6. The first-order valence-corrected chi connectivity index (χ1v) is 5.45. The molecule has 3 N–H and O–H groups in total. The van der Waals surface area contributed by atoms with Gasteiger partial charge in [-0.1, -0.05) is 0 Å². The number of benzene rings is 1. The highest BCUT2D eigenvalue weighted by molar-refractivity contribution is 5.52. The maximum atomic E-state index is 13.5. The first-order chi connectivity index (χ1) is 8.91. The van der Waals surface area contributed by atoms with E-state index in [1.54, 1.807) is 0 Å². The summed E-state index contributed by atoms with van der Waals surface area (Å²) in [5, 5.41) is 8.72. The third-order valence-corrected chi connectivity index (χ3v) is 2.73. The van der Waals surface area contributed by atoms with E-state index in [1.165, 1.54) is 33.5 Å². The molecule has 108 valence electrons. The Morgan fingerprint density at radius 3 is 1.95 bits per heavy atom. The number of aliphatic hydroxyl groups excluding tert-OH is 1. The van der Waals surface area contributed by atoms with Crippen LogP contribution in [-0.2, 0) is 0 Å². The molecule has 0 bridgehead atoms. The molecule has 5 nitrogen and oxygen atoms in total. The summed E-state index contributed by atoms with van der Waals surface area (Å²) in [4.78, 5) is 0. The number of hydrogen-bond acceptors (Lipinski definition) is 5. The lowest BCUT2D eigenvalue weighted by Gasteiger charge is -2.25. The van der Waals surface area contributed by atoms with Crippen LogP contribution in [0.15, 0.2) is 12.1 Å². The first kappa shape index (κ1) is 15.5. The number of alkyl halides is 2. The summed E-state index contributed by atoms with van der Waals surface area (Å²) in [5.41, 5.74) is 5.49. The van der Waals surface area contributed by atoms with Gasteiger partial charge in [0, 0.05) is 12.1 Å². The van der Waals surface area contributed by atoms with Crippen LogP contribution in [0.3, 0.4) is 0 Å². The molecule has 0 aliphatic carbocycles. The Kier molecular flexibility index (Phi) is 4.90. The first-order valence-electron chi connectivity index (χ1n) is 5.45. The van der Waals surface area contributed by atoms with Gasteiger partial charge in [0.1, 0.15) is 29.9 Å². The summed E-state index contributed by atoms with van der Waals surface area (Å²) in [6, 6.07) is 1.09. The van der Waals surface area contributed by atoms with Crippen molar-refractivity contribution in [3.05, 3.63) is 17.7 Å². The minimum absolute atomic E-state index is 0.0233. The fraction of sp³-hybridized carbons (Fsp3) is 0.500. The molecule has 0 unspecified atom stereocenters. The molecular weight excluding hydrogens is 260 g/mol. The van der Waals surface area contributed by atoms with Crippen molar-refractivity contribution in [3.63, 3.8) is 0 Å². The fourth-order valence-corrected chi connectivity index (χ4v) is 1.65. The maximum absolute atomic E-state index is 13.5. The van der Waals surface area contributed by atoms with Crippen molar-refractivity contribution in [1.82, 2.24) is 0 Å². The van der Waals surface area contributed by atoms with Crippen molar-refractivity contribution in [2.45, 2.75) is 12.0 Å². The second-order valence-corrected chi connectivity index (χ2v) is 3.84. The SMILES string of the molecule is COc1cc(OC)c([C@H](N)C(F)(F)CO)c(OC)c1. The van der Waals surface area contributed by atoms with Crippen molar-refractivity contribution < 1.29 is 28.1 Å². The van der Waals surface area contributed by atoms with E-state index in [1.807, 2.05) is 0 Å². The molecule has 1 atom stereocenters. The van der Waals surface area contributed by atoms with Gasteiger partial charge in [0.25, 0.3) is 5.92 Å². The highest BCUT2D eigenvalue weighted by Crippen LogP contribution is 2.42. The van der Waals surface area contributed by atoms with Gasteiger partial charge in [-0.05, 0) is 0 Å². The Hall–Kier alpha value is -1.60. The third-order valence-electron chi connectivity index (χ3n) is 2.73. The molecule has 0 amide bonds.